The van der Waals surface area contributed by atoms with E-state index in [9.17, 15) is 9.59 Å². The molecular formula is C23H20O4. The second kappa shape index (κ2) is 7.87. The summed E-state index contributed by atoms with van der Waals surface area (Å²) >= 11 is 0. The quantitative estimate of drug-likeness (QED) is 0.482. The molecule has 0 saturated carbocycles. The van der Waals surface area contributed by atoms with Gasteiger partial charge in [-0.2, -0.15) is 0 Å². The summed E-state index contributed by atoms with van der Waals surface area (Å²) in [5, 5.41) is 0. The van der Waals surface area contributed by atoms with Crippen molar-refractivity contribution in [1.82, 2.24) is 0 Å². The molecule has 4 nitrogen and oxygen atoms in total. The maximum absolute atomic E-state index is 12.5. The molecule has 3 aromatic carbocycles. The average Bonchev–Trinajstić information content (AvgIpc) is 2.65. The monoisotopic (exact) mass is 360 g/mol. The van der Waals surface area contributed by atoms with E-state index >= 15 is 0 Å². The Hall–Kier alpha value is -3.40. The second-order valence-corrected chi connectivity index (χ2v) is 6.38. The first-order chi connectivity index (χ1) is 12.9. The van der Waals surface area contributed by atoms with Crippen molar-refractivity contribution in [2.24, 2.45) is 0 Å². The molecule has 0 bridgehead atoms. The van der Waals surface area contributed by atoms with Gasteiger partial charge in [0.1, 0.15) is 11.5 Å². The van der Waals surface area contributed by atoms with Crippen LogP contribution in [-0.4, -0.2) is 11.9 Å². The van der Waals surface area contributed by atoms with Crippen LogP contribution in [0.3, 0.4) is 0 Å². The topological polar surface area (TPSA) is 52.6 Å². The second-order valence-electron chi connectivity index (χ2n) is 6.38. The third kappa shape index (κ3) is 4.42. The first-order valence-corrected chi connectivity index (χ1v) is 8.61. The van der Waals surface area contributed by atoms with Gasteiger partial charge in [-0.1, -0.05) is 41.5 Å². The molecule has 27 heavy (non-hydrogen) atoms. The molecule has 0 aliphatic heterocycles. The van der Waals surface area contributed by atoms with Gasteiger partial charge in [-0.3, -0.25) is 0 Å². The fourth-order valence-electron chi connectivity index (χ4n) is 2.61. The Bertz CT molecular complexity index is 893. The summed E-state index contributed by atoms with van der Waals surface area (Å²) in [6.07, 6.45) is 0. The number of carbonyl (C=O) groups excluding carboxylic acids is 2. The van der Waals surface area contributed by atoms with Crippen LogP contribution in [-0.2, 0) is 0 Å². The molecule has 0 radical (unpaired) electrons. The number of benzene rings is 3. The SMILES string of the molecule is Cc1ccc(OC(=O)c2cccc(C(=O)Oc3ccc(C)cc3)c2C)cc1. The minimum Gasteiger partial charge on any atom is -0.423 e. The molecule has 3 rings (SSSR count). The molecule has 0 amide bonds. The van der Waals surface area contributed by atoms with Gasteiger partial charge in [-0.15, -0.1) is 0 Å². The first-order valence-electron chi connectivity index (χ1n) is 8.61. The molecule has 3 aromatic rings. The maximum atomic E-state index is 12.5. The van der Waals surface area contributed by atoms with Crippen LogP contribution in [0.5, 0.6) is 11.5 Å². The van der Waals surface area contributed by atoms with Gasteiger partial charge in [0.05, 0.1) is 11.1 Å². The van der Waals surface area contributed by atoms with Crippen LogP contribution >= 0.6 is 0 Å². The number of carbonyl (C=O) groups is 2. The smallest absolute Gasteiger partial charge is 0.343 e. The molecule has 0 N–H and O–H groups in total. The van der Waals surface area contributed by atoms with E-state index in [4.69, 9.17) is 9.47 Å². The van der Waals surface area contributed by atoms with E-state index in [2.05, 4.69) is 0 Å². The third-order valence-electron chi connectivity index (χ3n) is 4.24. The van der Waals surface area contributed by atoms with Gasteiger partial charge >= 0.3 is 11.9 Å². The highest BCUT2D eigenvalue weighted by molar-refractivity contribution is 5.99. The standard InChI is InChI=1S/C23H20O4/c1-15-7-11-18(12-8-15)26-22(24)20-5-4-6-21(17(20)3)23(25)27-19-13-9-16(2)10-14-19/h4-14H,1-3H3. The molecule has 4 heteroatoms. The lowest BCUT2D eigenvalue weighted by atomic mass is 10.0. The van der Waals surface area contributed by atoms with Crippen molar-refractivity contribution >= 4 is 11.9 Å². The van der Waals surface area contributed by atoms with Crippen molar-refractivity contribution in [1.29, 1.82) is 0 Å². The van der Waals surface area contributed by atoms with Gasteiger partial charge in [0.25, 0.3) is 0 Å². The molecule has 0 heterocycles. The summed E-state index contributed by atoms with van der Waals surface area (Å²) in [6.45, 7) is 5.62. The molecule has 0 aliphatic rings. The van der Waals surface area contributed by atoms with Crippen LogP contribution in [0.25, 0.3) is 0 Å². The highest BCUT2D eigenvalue weighted by Crippen LogP contribution is 2.20. The Kier molecular flexibility index (Phi) is 5.36. The van der Waals surface area contributed by atoms with Crippen LogP contribution in [0.2, 0.25) is 0 Å². The minimum atomic E-state index is -0.513. The molecule has 0 atom stereocenters. The Balaban J connectivity index is 1.80. The zero-order valence-electron chi connectivity index (χ0n) is 15.5. The van der Waals surface area contributed by atoms with Gasteiger partial charge < -0.3 is 9.47 Å². The van der Waals surface area contributed by atoms with Crippen LogP contribution in [0.15, 0.2) is 66.7 Å². The molecule has 0 aromatic heterocycles. The number of rotatable bonds is 4. The lowest BCUT2D eigenvalue weighted by Crippen LogP contribution is -2.15. The predicted molar refractivity (Wildman–Crippen MR) is 103 cm³/mol. The van der Waals surface area contributed by atoms with Gasteiger partial charge in [-0.05, 0) is 62.7 Å². The molecule has 0 fully saturated rings. The van der Waals surface area contributed by atoms with E-state index in [0.29, 0.717) is 28.2 Å². The molecular weight excluding hydrogens is 340 g/mol. The number of esters is 2. The van der Waals surface area contributed by atoms with Crippen LogP contribution in [0, 0.1) is 20.8 Å². The van der Waals surface area contributed by atoms with E-state index in [1.54, 1.807) is 49.4 Å². The highest BCUT2D eigenvalue weighted by Gasteiger charge is 2.19. The fraction of sp³-hybridized carbons (Fsp3) is 0.130. The number of hydrogen-bond acceptors (Lipinski definition) is 4. The van der Waals surface area contributed by atoms with E-state index < -0.39 is 11.9 Å². The van der Waals surface area contributed by atoms with Crippen LogP contribution in [0.1, 0.15) is 37.4 Å². The predicted octanol–water partition coefficient (Wildman–Crippen LogP) is 5.05. The van der Waals surface area contributed by atoms with Crippen molar-refractivity contribution in [3.05, 3.63) is 94.5 Å². The maximum Gasteiger partial charge on any atom is 0.343 e. The summed E-state index contributed by atoms with van der Waals surface area (Å²) < 4.78 is 10.8. The summed E-state index contributed by atoms with van der Waals surface area (Å²) in [5.74, 6) is -0.113. The number of ether oxygens (including phenoxy) is 2. The van der Waals surface area contributed by atoms with Crippen molar-refractivity contribution < 1.29 is 19.1 Å². The van der Waals surface area contributed by atoms with Gasteiger partial charge in [0.15, 0.2) is 0 Å². The molecule has 0 saturated heterocycles. The van der Waals surface area contributed by atoms with Crippen molar-refractivity contribution in [3.8, 4) is 11.5 Å². The zero-order chi connectivity index (χ0) is 19.4. The third-order valence-corrected chi connectivity index (χ3v) is 4.24. The molecule has 0 unspecified atom stereocenters. The van der Waals surface area contributed by atoms with E-state index in [1.165, 1.54) is 0 Å². The lowest BCUT2D eigenvalue weighted by Gasteiger charge is -2.11. The van der Waals surface area contributed by atoms with Crippen LogP contribution < -0.4 is 9.47 Å². The van der Waals surface area contributed by atoms with E-state index in [-0.39, 0.29) is 0 Å². The number of hydrogen-bond donors (Lipinski definition) is 0. The van der Waals surface area contributed by atoms with Crippen molar-refractivity contribution in [3.63, 3.8) is 0 Å². The largest absolute Gasteiger partial charge is 0.423 e. The lowest BCUT2D eigenvalue weighted by molar-refractivity contribution is 0.0733. The molecule has 0 spiro atoms. The van der Waals surface area contributed by atoms with Gasteiger partial charge in [-0.25, -0.2) is 9.59 Å². The molecule has 136 valence electrons. The van der Waals surface area contributed by atoms with Gasteiger partial charge in [0, 0.05) is 0 Å². The zero-order valence-corrected chi connectivity index (χ0v) is 15.5. The number of aryl methyl sites for hydroxylation is 2. The minimum absolute atomic E-state index is 0.328. The van der Waals surface area contributed by atoms with Crippen molar-refractivity contribution in [2.75, 3.05) is 0 Å². The Morgan fingerprint density at radius 3 is 1.33 bits per heavy atom. The Morgan fingerprint density at radius 1 is 0.593 bits per heavy atom. The van der Waals surface area contributed by atoms with Crippen LogP contribution in [0.4, 0.5) is 0 Å². The highest BCUT2D eigenvalue weighted by atomic mass is 16.5. The first kappa shape index (κ1) is 18.4. The normalized spacial score (nSPS) is 10.3. The summed E-state index contributed by atoms with van der Waals surface area (Å²) in [6, 6.07) is 19.3. The fourth-order valence-corrected chi connectivity index (χ4v) is 2.61. The summed E-state index contributed by atoms with van der Waals surface area (Å²) in [5.41, 5.74) is 3.33. The Morgan fingerprint density at radius 2 is 0.963 bits per heavy atom. The summed E-state index contributed by atoms with van der Waals surface area (Å²) in [4.78, 5) is 25.0. The van der Waals surface area contributed by atoms with E-state index in [0.717, 1.165) is 11.1 Å². The summed E-state index contributed by atoms with van der Waals surface area (Å²) in [7, 11) is 0. The van der Waals surface area contributed by atoms with Gasteiger partial charge in [0.2, 0.25) is 0 Å². The molecule has 0 aliphatic carbocycles. The van der Waals surface area contributed by atoms with Crippen molar-refractivity contribution in [2.45, 2.75) is 20.8 Å². The Labute approximate surface area is 158 Å². The van der Waals surface area contributed by atoms with E-state index in [1.807, 2.05) is 38.1 Å². The average molecular weight is 360 g/mol.